The fourth-order valence-electron chi connectivity index (χ4n) is 1.90. The summed E-state index contributed by atoms with van der Waals surface area (Å²) in [6.45, 7) is 2.85. The van der Waals surface area contributed by atoms with Crippen LogP contribution >= 0.6 is 0 Å². The van der Waals surface area contributed by atoms with Crippen LogP contribution in [0.5, 0.6) is 11.5 Å². The van der Waals surface area contributed by atoms with E-state index in [1.54, 1.807) is 6.92 Å². The maximum absolute atomic E-state index is 11.9. The van der Waals surface area contributed by atoms with Gasteiger partial charge in [0.05, 0.1) is 5.69 Å². The zero-order valence-corrected chi connectivity index (χ0v) is 12.8. The highest BCUT2D eigenvalue weighted by atomic mass is 16.7. The average Bonchev–Trinajstić information content (AvgIpc) is 2.97. The van der Waals surface area contributed by atoms with Gasteiger partial charge < -0.3 is 24.3 Å². The normalized spacial score (nSPS) is 11.9. The molecule has 1 amide bonds. The molecule has 0 saturated heterocycles. The lowest BCUT2D eigenvalue weighted by Crippen LogP contribution is -2.23. The molecule has 0 aromatic heterocycles. The Kier molecular flexibility index (Phi) is 5.53. The third-order valence-corrected chi connectivity index (χ3v) is 2.95. The summed E-state index contributed by atoms with van der Waals surface area (Å²) in [7, 11) is 0. The van der Waals surface area contributed by atoms with E-state index < -0.39 is 18.5 Å². The number of ether oxygens (including phenoxy) is 4. The summed E-state index contributed by atoms with van der Waals surface area (Å²) in [4.78, 5) is 34.8. The standard InChI is InChI=1S/C15H17NO7/c1-3-20-7-15(19)21-6-14(18)16-11-5-13-12(22-8-23-13)4-10(11)9(2)17/h4-5H,3,6-8H2,1-2H3,(H,16,18). The van der Waals surface area contributed by atoms with Crippen molar-refractivity contribution in [1.29, 1.82) is 0 Å². The Morgan fingerprint density at radius 3 is 2.52 bits per heavy atom. The molecule has 1 N–H and O–H groups in total. The molecule has 1 heterocycles. The van der Waals surface area contributed by atoms with E-state index in [1.807, 2.05) is 0 Å². The number of hydrogen-bond acceptors (Lipinski definition) is 7. The topological polar surface area (TPSA) is 100 Å². The summed E-state index contributed by atoms with van der Waals surface area (Å²) in [5.41, 5.74) is 0.552. The molecule has 0 radical (unpaired) electrons. The Labute approximate surface area is 132 Å². The highest BCUT2D eigenvalue weighted by Gasteiger charge is 2.20. The molecule has 0 aliphatic carbocycles. The largest absolute Gasteiger partial charge is 0.454 e. The minimum absolute atomic E-state index is 0.0547. The van der Waals surface area contributed by atoms with Crippen molar-refractivity contribution in [3.05, 3.63) is 17.7 Å². The van der Waals surface area contributed by atoms with E-state index in [4.69, 9.17) is 18.9 Å². The van der Waals surface area contributed by atoms with Gasteiger partial charge in [-0.25, -0.2) is 4.79 Å². The predicted molar refractivity (Wildman–Crippen MR) is 78.7 cm³/mol. The van der Waals surface area contributed by atoms with Gasteiger partial charge in [0, 0.05) is 18.2 Å². The molecule has 1 aromatic rings. The van der Waals surface area contributed by atoms with E-state index in [0.717, 1.165) is 0 Å². The lowest BCUT2D eigenvalue weighted by atomic mass is 10.1. The van der Waals surface area contributed by atoms with Gasteiger partial charge in [-0.2, -0.15) is 0 Å². The smallest absolute Gasteiger partial charge is 0.332 e. The first-order chi connectivity index (χ1) is 11.0. The molecule has 0 bridgehead atoms. The number of carbonyl (C=O) groups is 3. The number of anilines is 1. The number of esters is 1. The van der Waals surface area contributed by atoms with E-state index in [2.05, 4.69) is 5.32 Å². The van der Waals surface area contributed by atoms with Crippen LogP contribution in [0.4, 0.5) is 5.69 Å². The third kappa shape index (κ3) is 4.43. The number of nitrogens with one attached hydrogen (secondary N) is 1. The van der Waals surface area contributed by atoms with E-state index in [1.165, 1.54) is 19.1 Å². The van der Waals surface area contributed by atoms with Crippen LogP contribution in [-0.2, 0) is 19.1 Å². The summed E-state index contributed by atoms with van der Waals surface area (Å²) in [6.07, 6.45) is 0. The van der Waals surface area contributed by atoms with Gasteiger partial charge in [0.25, 0.3) is 5.91 Å². The number of fused-ring (bicyclic) bond motifs is 1. The highest BCUT2D eigenvalue weighted by Crippen LogP contribution is 2.37. The second kappa shape index (κ2) is 7.59. The first-order valence-electron chi connectivity index (χ1n) is 6.99. The SMILES string of the molecule is CCOCC(=O)OCC(=O)Nc1cc2c(cc1C(C)=O)OCO2. The Morgan fingerprint density at radius 2 is 1.87 bits per heavy atom. The van der Waals surface area contributed by atoms with E-state index in [0.29, 0.717) is 18.1 Å². The number of amides is 1. The van der Waals surface area contributed by atoms with Crippen molar-refractivity contribution in [1.82, 2.24) is 0 Å². The molecule has 1 aromatic carbocycles. The number of Topliss-reactive ketones (excluding diaryl/α,β-unsaturated/α-hetero) is 1. The molecule has 2 rings (SSSR count). The van der Waals surface area contributed by atoms with Gasteiger partial charge >= 0.3 is 5.97 Å². The summed E-state index contributed by atoms with van der Waals surface area (Å²) in [6, 6.07) is 3.00. The fourth-order valence-corrected chi connectivity index (χ4v) is 1.90. The monoisotopic (exact) mass is 323 g/mol. The van der Waals surface area contributed by atoms with E-state index in [9.17, 15) is 14.4 Å². The molecule has 8 heteroatoms. The van der Waals surface area contributed by atoms with Crippen LogP contribution in [0.1, 0.15) is 24.2 Å². The molecule has 0 saturated carbocycles. The zero-order valence-electron chi connectivity index (χ0n) is 12.8. The Bertz CT molecular complexity index is 626. The second-order valence-corrected chi connectivity index (χ2v) is 4.65. The fraction of sp³-hybridized carbons (Fsp3) is 0.400. The summed E-state index contributed by atoms with van der Waals surface area (Å²) >= 11 is 0. The van der Waals surface area contributed by atoms with Crippen molar-refractivity contribution in [2.24, 2.45) is 0 Å². The Hall–Kier alpha value is -2.61. The molecule has 0 atom stereocenters. The van der Waals surface area contributed by atoms with Crippen molar-refractivity contribution in [2.45, 2.75) is 13.8 Å². The van der Waals surface area contributed by atoms with Crippen LogP contribution < -0.4 is 14.8 Å². The number of ketones is 1. The molecular formula is C15H17NO7. The molecule has 23 heavy (non-hydrogen) atoms. The lowest BCUT2D eigenvalue weighted by Gasteiger charge is -2.11. The molecule has 124 valence electrons. The van der Waals surface area contributed by atoms with Gasteiger partial charge in [0.15, 0.2) is 23.9 Å². The van der Waals surface area contributed by atoms with Gasteiger partial charge in [-0.15, -0.1) is 0 Å². The van der Waals surface area contributed by atoms with Crippen LogP contribution in [0.2, 0.25) is 0 Å². The molecule has 0 spiro atoms. The lowest BCUT2D eigenvalue weighted by molar-refractivity contribution is -0.151. The van der Waals surface area contributed by atoms with Crippen LogP contribution in [0, 0.1) is 0 Å². The quantitative estimate of drug-likeness (QED) is 0.593. The van der Waals surface area contributed by atoms with E-state index >= 15 is 0 Å². The van der Waals surface area contributed by atoms with Crippen molar-refractivity contribution in [3.63, 3.8) is 0 Å². The maximum Gasteiger partial charge on any atom is 0.332 e. The average molecular weight is 323 g/mol. The minimum atomic E-state index is -0.639. The van der Waals surface area contributed by atoms with Crippen LogP contribution in [0.3, 0.4) is 0 Å². The minimum Gasteiger partial charge on any atom is -0.454 e. The molecular weight excluding hydrogens is 306 g/mol. The molecule has 1 aliphatic heterocycles. The molecule has 8 nitrogen and oxygen atoms in total. The Balaban J connectivity index is 2.00. The predicted octanol–water partition coefficient (Wildman–Crippen LogP) is 1.14. The molecule has 0 unspecified atom stereocenters. The van der Waals surface area contributed by atoms with Crippen LogP contribution in [0.15, 0.2) is 12.1 Å². The number of rotatable bonds is 7. The first-order valence-corrected chi connectivity index (χ1v) is 6.99. The number of hydrogen-bond donors (Lipinski definition) is 1. The highest BCUT2D eigenvalue weighted by molar-refractivity contribution is 6.05. The third-order valence-electron chi connectivity index (χ3n) is 2.95. The summed E-state index contributed by atoms with van der Waals surface area (Å²) < 4.78 is 20.0. The van der Waals surface area contributed by atoms with Gasteiger partial charge in [-0.05, 0) is 19.9 Å². The van der Waals surface area contributed by atoms with E-state index in [-0.39, 0.29) is 30.4 Å². The van der Waals surface area contributed by atoms with Gasteiger partial charge in [0.2, 0.25) is 6.79 Å². The van der Waals surface area contributed by atoms with Crippen molar-refractivity contribution in [2.75, 3.05) is 31.9 Å². The maximum atomic E-state index is 11.9. The van der Waals surface area contributed by atoms with Gasteiger partial charge in [-0.3, -0.25) is 9.59 Å². The van der Waals surface area contributed by atoms with Crippen molar-refractivity contribution >= 4 is 23.3 Å². The number of benzene rings is 1. The summed E-state index contributed by atoms with van der Waals surface area (Å²) in [5.74, 6) is -0.586. The molecule has 1 aliphatic rings. The first kappa shape index (κ1) is 16.8. The van der Waals surface area contributed by atoms with Crippen molar-refractivity contribution < 1.29 is 33.3 Å². The second-order valence-electron chi connectivity index (χ2n) is 4.65. The summed E-state index contributed by atoms with van der Waals surface area (Å²) in [5, 5.41) is 2.52. The van der Waals surface area contributed by atoms with Gasteiger partial charge in [0.1, 0.15) is 6.61 Å². The van der Waals surface area contributed by atoms with Crippen LogP contribution in [0.25, 0.3) is 0 Å². The van der Waals surface area contributed by atoms with Gasteiger partial charge in [-0.1, -0.05) is 0 Å². The zero-order chi connectivity index (χ0) is 16.8. The van der Waals surface area contributed by atoms with Crippen molar-refractivity contribution in [3.8, 4) is 11.5 Å². The Morgan fingerprint density at radius 1 is 1.17 bits per heavy atom. The molecule has 0 fully saturated rings. The van der Waals surface area contributed by atoms with Crippen LogP contribution in [-0.4, -0.2) is 44.3 Å². The number of carbonyl (C=O) groups excluding carboxylic acids is 3.